The fraction of sp³-hybridized carbons (Fsp3) is 0.0625. The summed E-state index contributed by atoms with van der Waals surface area (Å²) in [5, 5.41) is 0.684. The van der Waals surface area contributed by atoms with Crippen LogP contribution in [0.5, 0.6) is 5.75 Å². The molecule has 0 aliphatic carbocycles. The van der Waals surface area contributed by atoms with Crippen molar-refractivity contribution in [3.05, 3.63) is 62.5 Å². The van der Waals surface area contributed by atoms with Crippen LogP contribution in [0.3, 0.4) is 0 Å². The molecule has 1 N–H and O–H groups in total. The fourth-order valence-electron chi connectivity index (χ4n) is 2.13. The van der Waals surface area contributed by atoms with Gasteiger partial charge in [-0.1, -0.05) is 27.3 Å². The van der Waals surface area contributed by atoms with Crippen molar-refractivity contribution in [2.24, 2.45) is 0 Å². The Morgan fingerprint density at radius 2 is 1.79 bits per heavy atom. The summed E-state index contributed by atoms with van der Waals surface area (Å²) >= 11 is 4.25. The molecule has 24 heavy (non-hydrogen) atoms. The van der Waals surface area contributed by atoms with Gasteiger partial charge < -0.3 is 4.74 Å². The van der Waals surface area contributed by atoms with E-state index in [1.807, 2.05) is 6.07 Å². The minimum Gasteiger partial charge on any atom is -0.497 e. The van der Waals surface area contributed by atoms with E-state index in [1.165, 1.54) is 13.2 Å². The van der Waals surface area contributed by atoms with Crippen LogP contribution in [0, 0.1) is 0 Å². The standard InChI is InChI=1S/C16H12BrNO4S2/c1-22-13-5-3-12(4-6-13)18-24(20,21)15-9-10-8-11(17)2-7-14(10)23-16(15)19/h2-9,18H,1H3. The second kappa shape index (κ2) is 6.54. The number of hydrogen-bond donors (Lipinski definition) is 1. The van der Waals surface area contributed by atoms with E-state index in [1.54, 1.807) is 36.4 Å². The molecule has 0 unspecified atom stereocenters. The third-order valence-electron chi connectivity index (χ3n) is 3.29. The molecule has 124 valence electrons. The van der Waals surface area contributed by atoms with E-state index in [0.717, 1.165) is 20.5 Å². The predicted molar refractivity (Wildman–Crippen MR) is 99.6 cm³/mol. The summed E-state index contributed by atoms with van der Waals surface area (Å²) in [6, 6.07) is 13.2. The SMILES string of the molecule is COc1ccc(NS(=O)(=O)c2cc3cc(Br)ccc3sc2=O)cc1. The van der Waals surface area contributed by atoms with Crippen molar-refractivity contribution in [1.29, 1.82) is 0 Å². The van der Waals surface area contributed by atoms with Gasteiger partial charge in [-0.3, -0.25) is 9.52 Å². The Balaban J connectivity index is 2.03. The highest BCUT2D eigenvalue weighted by Crippen LogP contribution is 2.25. The maximum Gasteiger partial charge on any atom is 0.266 e. The zero-order chi connectivity index (χ0) is 17.3. The van der Waals surface area contributed by atoms with Crippen LogP contribution in [0.15, 0.2) is 62.7 Å². The van der Waals surface area contributed by atoms with Crippen molar-refractivity contribution in [3.63, 3.8) is 0 Å². The number of methoxy groups -OCH3 is 1. The topological polar surface area (TPSA) is 72.5 Å². The summed E-state index contributed by atoms with van der Waals surface area (Å²) < 4.78 is 33.6. The summed E-state index contributed by atoms with van der Waals surface area (Å²) in [5.41, 5.74) is 0.356. The van der Waals surface area contributed by atoms with Crippen LogP contribution in [0.2, 0.25) is 0 Å². The number of rotatable bonds is 4. The zero-order valence-corrected chi connectivity index (χ0v) is 15.7. The van der Waals surface area contributed by atoms with Crippen LogP contribution in [0.1, 0.15) is 0 Å². The number of anilines is 1. The van der Waals surface area contributed by atoms with E-state index in [2.05, 4.69) is 20.7 Å². The monoisotopic (exact) mass is 425 g/mol. The minimum atomic E-state index is -3.98. The van der Waals surface area contributed by atoms with Crippen LogP contribution in [0.4, 0.5) is 5.69 Å². The maximum atomic E-state index is 12.6. The van der Waals surface area contributed by atoms with Crippen LogP contribution < -0.4 is 14.2 Å². The van der Waals surface area contributed by atoms with Gasteiger partial charge in [0.1, 0.15) is 10.6 Å². The van der Waals surface area contributed by atoms with E-state index in [0.29, 0.717) is 16.8 Å². The lowest BCUT2D eigenvalue weighted by Crippen LogP contribution is -2.19. The van der Waals surface area contributed by atoms with E-state index < -0.39 is 14.8 Å². The minimum absolute atomic E-state index is 0.270. The number of halogens is 1. The van der Waals surface area contributed by atoms with Crippen molar-refractivity contribution < 1.29 is 13.2 Å². The molecule has 1 heterocycles. The molecule has 0 radical (unpaired) electrons. The quantitative estimate of drug-likeness (QED) is 0.688. The Labute approximate surface area is 151 Å². The molecule has 0 spiro atoms. The number of benzene rings is 2. The highest BCUT2D eigenvalue weighted by atomic mass is 79.9. The van der Waals surface area contributed by atoms with E-state index in [9.17, 15) is 13.2 Å². The lowest BCUT2D eigenvalue weighted by molar-refractivity contribution is 0.415. The summed E-state index contributed by atoms with van der Waals surface area (Å²) in [4.78, 5) is 12.0. The van der Waals surface area contributed by atoms with Crippen LogP contribution >= 0.6 is 27.3 Å². The molecule has 0 fully saturated rings. The maximum absolute atomic E-state index is 12.6. The Morgan fingerprint density at radius 1 is 1.08 bits per heavy atom. The van der Waals surface area contributed by atoms with Crippen LogP contribution in [-0.4, -0.2) is 15.5 Å². The molecule has 0 atom stereocenters. The van der Waals surface area contributed by atoms with Gasteiger partial charge in [0.05, 0.1) is 7.11 Å². The molecular weight excluding hydrogens is 414 g/mol. The molecule has 0 saturated heterocycles. The molecule has 0 saturated carbocycles. The number of hydrogen-bond acceptors (Lipinski definition) is 5. The van der Waals surface area contributed by atoms with E-state index in [4.69, 9.17) is 4.74 Å². The smallest absolute Gasteiger partial charge is 0.266 e. The van der Waals surface area contributed by atoms with Crippen molar-refractivity contribution in [2.75, 3.05) is 11.8 Å². The summed E-state index contributed by atoms with van der Waals surface area (Å²) in [7, 11) is -2.45. The molecule has 0 aliphatic rings. The molecule has 0 bridgehead atoms. The van der Waals surface area contributed by atoms with Gasteiger partial charge >= 0.3 is 0 Å². The first-order valence-electron chi connectivity index (χ1n) is 6.79. The van der Waals surface area contributed by atoms with Gasteiger partial charge in [-0.2, -0.15) is 0 Å². The summed E-state index contributed by atoms with van der Waals surface area (Å²) in [6.45, 7) is 0. The molecule has 3 aromatic rings. The van der Waals surface area contributed by atoms with Gasteiger partial charge in [0.25, 0.3) is 14.8 Å². The predicted octanol–water partition coefficient (Wildman–Crippen LogP) is 3.83. The van der Waals surface area contributed by atoms with Crippen LogP contribution in [-0.2, 0) is 10.0 Å². The summed E-state index contributed by atoms with van der Waals surface area (Å²) in [6.07, 6.45) is 0. The number of nitrogens with one attached hydrogen (secondary N) is 1. The summed E-state index contributed by atoms with van der Waals surface area (Å²) in [5.74, 6) is 0.611. The van der Waals surface area contributed by atoms with Gasteiger partial charge in [0.2, 0.25) is 0 Å². The first kappa shape index (κ1) is 16.9. The van der Waals surface area contributed by atoms with Gasteiger partial charge in [-0.25, -0.2) is 8.42 Å². The van der Waals surface area contributed by atoms with Gasteiger partial charge in [0, 0.05) is 14.9 Å². The molecule has 0 aliphatic heterocycles. The van der Waals surface area contributed by atoms with Gasteiger partial charge in [-0.05, 0) is 53.9 Å². The van der Waals surface area contributed by atoms with Gasteiger partial charge in [0.15, 0.2) is 0 Å². The average Bonchev–Trinajstić information content (AvgIpc) is 2.55. The largest absolute Gasteiger partial charge is 0.497 e. The second-order valence-electron chi connectivity index (χ2n) is 4.91. The normalized spacial score (nSPS) is 11.4. The lowest BCUT2D eigenvalue weighted by atomic mass is 10.2. The van der Waals surface area contributed by atoms with E-state index in [-0.39, 0.29) is 4.90 Å². The van der Waals surface area contributed by atoms with E-state index >= 15 is 0 Å². The third-order valence-corrected chi connectivity index (χ3v) is 6.30. The Kier molecular flexibility index (Phi) is 4.62. The Hall–Kier alpha value is -1.90. The molecule has 0 amide bonds. The Morgan fingerprint density at radius 3 is 2.46 bits per heavy atom. The lowest BCUT2D eigenvalue weighted by Gasteiger charge is -2.09. The molecule has 8 heteroatoms. The van der Waals surface area contributed by atoms with Crippen molar-refractivity contribution in [1.82, 2.24) is 0 Å². The fourth-order valence-corrected chi connectivity index (χ4v) is 4.75. The van der Waals surface area contributed by atoms with Crippen molar-refractivity contribution in [3.8, 4) is 5.75 Å². The average molecular weight is 426 g/mol. The first-order valence-corrected chi connectivity index (χ1v) is 9.88. The van der Waals surface area contributed by atoms with Crippen molar-refractivity contribution >= 4 is 53.1 Å². The molecule has 3 rings (SSSR count). The molecule has 5 nitrogen and oxygen atoms in total. The third kappa shape index (κ3) is 3.45. The first-order chi connectivity index (χ1) is 11.4. The van der Waals surface area contributed by atoms with Gasteiger partial charge in [-0.15, -0.1) is 0 Å². The molecule has 1 aromatic heterocycles. The molecule has 2 aromatic carbocycles. The van der Waals surface area contributed by atoms with Crippen molar-refractivity contribution in [2.45, 2.75) is 4.90 Å². The Bertz CT molecular complexity index is 1060. The van der Waals surface area contributed by atoms with Crippen LogP contribution in [0.25, 0.3) is 10.1 Å². The molecular formula is C16H12BrNO4S2. The number of ether oxygens (including phenoxy) is 1. The number of sulfonamides is 1. The zero-order valence-electron chi connectivity index (χ0n) is 12.4. The highest BCUT2D eigenvalue weighted by Gasteiger charge is 2.19. The number of fused-ring (bicyclic) bond motifs is 1. The second-order valence-corrected chi connectivity index (χ2v) is 8.50. The highest BCUT2D eigenvalue weighted by molar-refractivity contribution is 9.10.